The summed E-state index contributed by atoms with van der Waals surface area (Å²) in [7, 11) is 1.55. The van der Waals surface area contributed by atoms with Gasteiger partial charge in [0.2, 0.25) is 0 Å². The maximum absolute atomic E-state index is 10.5. The maximum atomic E-state index is 10.5. The average Bonchev–Trinajstić information content (AvgIpc) is 2.17. The number of hydrogen-bond acceptors (Lipinski definition) is 4. The molecule has 0 radical (unpaired) electrons. The molecule has 0 aromatic heterocycles. The van der Waals surface area contributed by atoms with Gasteiger partial charge in [0.15, 0.2) is 0 Å². The Labute approximate surface area is 89.2 Å². The molecule has 0 aliphatic heterocycles. The Kier molecular flexibility index (Phi) is 4.50. The van der Waals surface area contributed by atoms with Gasteiger partial charge in [-0.2, -0.15) is 0 Å². The highest BCUT2D eigenvalue weighted by molar-refractivity contribution is 5.67. The van der Waals surface area contributed by atoms with E-state index in [0.29, 0.717) is 0 Å². The van der Waals surface area contributed by atoms with Crippen molar-refractivity contribution in [3.05, 3.63) is 0 Å². The molecule has 1 rings (SSSR count). The number of carboxylic acids is 1. The third-order valence-electron chi connectivity index (χ3n) is 3.11. The van der Waals surface area contributed by atoms with Crippen LogP contribution in [0.3, 0.4) is 0 Å². The summed E-state index contributed by atoms with van der Waals surface area (Å²) in [6.45, 7) is 0. The fraction of sp³-hybridized carbons (Fsp3) is 0.900. The van der Waals surface area contributed by atoms with Crippen LogP contribution in [-0.4, -0.2) is 41.5 Å². The van der Waals surface area contributed by atoms with E-state index < -0.39 is 18.1 Å². The first kappa shape index (κ1) is 12.4. The van der Waals surface area contributed by atoms with Crippen LogP contribution in [0.1, 0.15) is 25.7 Å². The van der Waals surface area contributed by atoms with Crippen LogP contribution in [0.4, 0.5) is 0 Å². The zero-order valence-electron chi connectivity index (χ0n) is 8.93. The molecule has 4 unspecified atom stereocenters. The maximum Gasteiger partial charge on any atom is 0.304 e. The molecule has 5 heteroatoms. The third-order valence-corrected chi connectivity index (χ3v) is 3.11. The van der Waals surface area contributed by atoms with E-state index >= 15 is 0 Å². The van der Waals surface area contributed by atoms with Gasteiger partial charge in [-0.25, -0.2) is 0 Å². The van der Waals surface area contributed by atoms with Crippen LogP contribution in [0.5, 0.6) is 0 Å². The molecule has 0 heterocycles. The molecule has 4 atom stereocenters. The number of carboxylic acid groups (broad SMARTS) is 1. The van der Waals surface area contributed by atoms with E-state index in [1.165, 1.54) is 0 Å². The second kappa shape index (κ2) is 5.44. The summed E-state index contributed by atoms with van der Waals surface area (Å²) in [6.07, 6.45) is 1.57. The lowest BCUT2D eigenvalue weighted by Gasteiger charge is -2.36. The van der Waals surface area contributed by atoms with Gasteiger partial charge in [-0.3, -0.25) is 4.79 Å². The van der Waals surface area contributed by atoms with Crippen molar-refractivity contribution in [3.63, 3.8) is 0 Å². The minimum Gasteiger partial charge on any atom is -0.481 e. The monoisotopic (exact) mass is 217 g/mol. The fourth-order valence-corrected chi connectivity index (χ4v) is 2.25. The molecular formula is C10H19NO4. The number of carbonyl (C=O) groups is 1. The molecule has 0 saturated heterocycles. The first-order chi connectivity index (χ1) is 7.06. The molecule has 0 aromatic rings. The van der Waals surface area contributed by atoms with Crippen molar-refractivity contribution >= 4 is 5.97 Å². The Hall–Kier alpha value is -0.650. The zero-order chi connectivity index (χ0) is 11.4. The van der Waals surface area contributed by atoms with Crippen molar-refractivity contribution in [2.45, 2.75) is 43.9 Å². The lowest BCUT2D eigenvalue weighted by atomic mass is 9.79. The van der Waals surface area contributed by atoms with Crippen molar-refractivity contribution < 1.29 is 19.7 Å². The Morgan fingerprint density at radius 2 is 2.27 bits per heavy atom. The van der Waals surface area contributed by atoms with E-state index in [9.17, 15) is 9.90 Å². The summed E-state index contributed by atoms with van der Waals surface area (Å²) >= 11 is 0. The summed E-state index contributed by atoms with van der Waals surface area (Å²) in [5, 5.41) is 18.5. The average molecular weight is 217 g/mol. The predicted octanol–water partition coefficient (Wildman–Crippen LogP) is -0.0356. The predicted molar refractivity (Wildman–Crippen MR) is 54.4 cm³/mol. The van der Waals surface area contributed by atoms with E-state index in [2.05, 4.69) is 0 Å². The van der Waals surface area contributed by atoms with Crippen molar-refractivity contribution in [2.75, 3.05) is 7.11 Å². The van der Waals surface area contributed by atoms with Gasteiger partial charge in [-0.15, -0.1) is 0 Å². The lowest BCUT2D eigenvalue weighted by molar-refractivity contribution is -0.138. The van der Waals surface area contributed by atoms with E-state index in [1.54, 1.807) is 7.11 Å². The van der Waals surface area contributed by atoms with Crippen LogP contribution in [0.25, 0.3) is 0 Å². The number of methoxy groups -OCH3 is 1. The second-order valence-electron chi connectivity index (χ2n) is 4.12. The van der Waals surface area contributed by atoms with Crippen LogP contribution in [0.2, 0.25) is 0 Å². The number of rotatable bonds is 4. The first-order valence-electron chi connectivity index (χ1n) is 5.24. The highest BCUT2D eigenvalue weighted by atomic mass is 16.5. The smallest absolute Gasteiger partial charge is 0.304 e. The van der Waals surface area contributed by atoms with E-state index in [4.69, 9.17) is 15.6 Å². The van der Waals surface area contributed by atoms with Crippen LogP contribution >= 0.6 is 0 Å². The molecule has 0 bridgehead atoms. The van der Waals surface area contributed by atoms with Crippen molar-refractivity contribution in [1.29, 1.82) is 0 Å². The van der Waals surface area contributed by atoms with Crippen molar-refractivity contribution in [1.82, 2.24) is 0 Å². The summed E-state index contributed by atoms with van der Waals surface area (Å²) in [5.41, 5.74) is 5.76. The van der Waals surface area contributed by atoms with E-state index in [1.807, 2.05) is 0 Å². The summed E-state index contributed by atoms with van der Waals surface area (Å²) < 4.78 is 5.14. The SMILES string of the molecule is COC1CCCC(C(N)CC(=O)O)C1O. The van der Waals surface area contributed by atoms with E-state index in [-0.39, 0.29) is 18.4 Å². The minimum absolute atomic E-state index is 0.0990. The van der Waals surface area contributed by atoms with Gasteiger partial charge in [0.1, 0.15) is 0 Å². The Bertz CT molecular complexity index is 221. The molecule has 0 amide bonds. The molecule has 1 saturated carbocycles. The number of aliphatic hydroxyl groups is 1. The highest BCUT2D eigenvalue weighted by Gasteiger charge is 2.35. The van der Waals surface area contributed by atoms with Crippen LogP contribution in [0, 0.1) is 5.92 Å². The standard InChI is InChI=1S/C10H19NO4/c1-15-8-4-2-3-6(10(8)14)7(11)5-9(12)13/h6-8,10,14H,2-5,11H2,1H3,(H,12,13). The minimum atomic E-state index is -0.922. The van der Waals surface area contributed by atoms with Gasteiger partial charge in [0.25, 0.3) is 0 Å². The summed E-state index contributed by atoms with van der Waals surface area (Å²) in [5.74, 6) is -1.09. The van der Waals surface area contributed by atoms with Crippen LogP contribution in [0.15, 0.2) is 0 Å². The molecule has 88 valence electrons. The van der Waals surface area contributed by atoms with Gasteiger partial charge in [-0.05, 0) is 12.8 Å². The van der Waals surface area contributed by atoms with Gasteiger partial charge >= 0.3 is 5.97 Å². The van der Waals surface area contributed by atoms with Gasteiger partial charge < -0.3 is 20.7 Å². The van der Waals surface area contributed by atoms with Crippen LogP contribution < -0.4 is 5.73 Å². The van der Waals surface area contributed by atoms with Crippen molar-refractivity contribution in [3.8, 4) is 0 Å². The van der Waals surface area contributed by atoms with Crippen molar-refractivity contribution in [2.24, 2.45) is 11.7 Å². The normalized spacial score (nSPS) is 33.7. The lowest BCUT2D eigenvalue weighted by Crippen LogP contribution is -2.47. The molecule has 1 aliphatic rings. The third kappa shape index (κ3) is 3.15. The Morgan fingerprint density at radius 1 is 1.60 bits per heavy atom. The molecule has 0 spiro atoms. The second-order valence-corrected chi connectivity index (χ2v) is 4.12. The zero-order valence-corrected chi connectivity index (χ0v) is 8.93. The number of aliphatic carboxylic acids is 1. The fourth-order valence-electron chi connectivity index (χ4n) is 2.25. The quantitative estimate of drug-likeness (QED) is 0.614. The number of nitrogens with two attached hydrogens (primary N) is 1. The van der Waals surface area contributed by atoms with Gasteiger partial charge in [0, 0.05) is 19.1 Å². The molecular weight excluding hydrogens is 198 g/mol. The first-order valence-corrected chi connectivity index (χ1v) is 5.24. The van der Waals surface area contributed by atoms with Gasteiger partial charge in [-0.1, -0.05) is 6.42 Å². The molecule has 1 aliphatic carbocycles. The number of ether oxygens (including phenoxy) is 1. The summed E-state index contributed by atoms with van der Waals surface area (Å²) in [4.78, 5) is 10.5. The molecule has 5 nitrogen and oxygen atoms in total. The Balaban J connectivity index is 2.55. The molecule has 15 heavy (non-hydrogen) atoms. The van der Waals surface area contributed by atoms with Gasteiger partial charge in [0.05, 0.1) is 18.6 Å². The number of hydrogen-bond donors (Lipinski definition) is 3. The number of aliphatic hydroxyl groups excluding tert-OH is 1. The molecule has 0 aromatic carbocycles. The summed E-state index contributed by atoms with van der Waals surface area (Å²) in [6, 6.07) is -0.490. The topological polar surface area (TPSA) is 92.8 Å². The molecule has 1 fully saturated rings. The Morgan fingerprint density at radius 3 is 2.80 bits per heavy atom. The largest absolute Gasteiger partial charge is 0.481 e. The highest BCUT2D eigenvalue weighted by Crippen LogP contribution is 2.29. The molecule has 4 N–H and O–H groups in total. The van der Waals surface area contributed by atoms with E-state index in [0.717, 1.165) is 19.3 Å². The van der Waals surface area contributed by atoms with Crippen LogP contribution in [-0.2, 0) is 9.53 Å².